The van der Waals surface area contributed by atoms with Crippen LogP contribution in [0.4, 0.5) is 28.4 Å². The highest BCUT2D eigenvalue weighted by atomic mass is 16.3. The van der Waals surface area contributed by atoms with Gasteiger partial charge in [0.05, 0.1) is 23.1 Å². The molecule has 3 nitrogen and oxygen atoms in total. The van der Waals surface area contributed by atoms with Gasteiger partial charge in [-0.3, -0.25) is 0 Å². The summed E-state index contributed by atoms with van der Waals surface area (Å²) in [6.45, 7) is 43.1. The first-order valence-corrected chi connectivity index (χ1v) is 27.1. The molecule has 5 aliphatic rings. The number of fused-ring (bicyclic) bond motifs is 8. The van der Waals surface area contributed by atoms with Crippen molar-refractivity contribution in [1.82, 2.24) is 0 Å². The van der Waals surface area contributed by atoms with E-state index in [1.807, 2.05) is 0 Å². The molecule has 2 unspecified atom stereocenters. The van der Waals surface area contributed by atoms with Gasteiger partial charge in [-0.2, -0.15) is 0 Å². The zero-order valence-corrected chi connectivity index (χ0v) is 46.7. The zero-order chi connectivity index (χ0) is 50.9. The first kappa shape index (κ1) is 48.1. The SMILES string of the molecule is Cc1cc2c3c(c1)N(c1ccc4c(c1)C(C)(C)CCC4(C)C)C1C=C4C(=CC1B3c1oc3ccc(C(C)(C)C)cc3c1N2c1ccc(C(C)(C)C)cc1-c1ccc(C(C)(C)C)cc1)C(C)(C)CCC4(C)C. The van der Waals surface area contributed by atoms with Gasteiger partial charge in [0.1, 0.15) is 5.58 Å². The molecule has 2 aliphatic heterocycles. The van der Waals surface area contributed by atoms with E-state index in [0.717, 1.165) is 11.2 Å². The number of furan rings is 1. The lowest BCUT2D eigenvalue weighted by molar-refractivity contribution is 0.255. The molecular formula is C67H81BN2O. The van der Waals surface area contributed by atoms with Crippen LogP contribution < -0.4 is 20.9 Å². The number of hydrogen-bond acceptors (Lipinski definition) is 3. The average Bonchev–Trinajstić information content (AvgIpc) is 3.66. The molecule has 0 bridgehead atoms. The Labute approximate surface area is 428 Å². The fourth-order valence-electron chi connectivity index (χ4n) is 13.5. The summed E-state index contributed by atoms with van der Waals surface area (Å²) >= 11 is 0. The van der Waals surface area contributed by atoms with Gasteiger partial charge in [-0.05, 0) is 180 Å². The van der Waals surface area contributed by atoms with Crippen molar-refractivity contribution < 1.29 is 4.42 Å². The smallest absolute Gasteiger partial charge is 0.272 e. The van der Waals surface area contributed by atoms with Crippen molar-refractivity contribution in [2.75, 3.05) is 9.80 Å². The summed E-state index contributed by atoms with van der Waals surface area (Å²) in [4.78, 5) is 5.44. The van der Waals surface area contributed by atoms with Gasteiger partial charge in [-0.15, -0.1) is 0 Å². The number of benzene rings is 5. The van der Waals surface area contributed by atoms with Crippen molar-refractivity contribution in [1.29, 1.82) is 0 Å². The summed E-state index contributed by atoms with van der Waals surface area (Å²) in [5.41, 5.74) is 23.7. The van der Waals surface area contributed by atoms with Gasteiger partial charge in [-0.25, -0.2) is 0 Å². The Morgan fingerprint density at radius 3 is 1.72 bits per heavy atom. The van der Waals surface area contributed by atoms with E-state index in [0.29, 0.717) is 0 Å². The molecule has 1 aromatic heterocycles. The van der Waals surface area contributed by atoms with Crippen LogP contribution in [0.25, 0.3) is 22.1 Å². The third-order valence-corrected chi connectivity index (χ3v) is 18.3. The molecule has 1 saturated carbocycles. The summed E-state index contributed by atoms with van der Waals surface area (Å²) in [5, 5.41) is 1.19. The van der Waals surface area contributed by atoms with Gasteiger partial charge in [0.2, 0.25) is 0 Å². The molecule has 3 heterocycles. The lowest BCUT2D eigenvalue weighted by Gasteiger charge is -2.53. The Kier molecular flexibility index (Phi) is 10.4. The van der Waals surface area contributed by atoms with Crippen LogP contribution >= 0.6 is 0 Å². The van der Waals surface area contributed by atoms with E-state index in [-0.39, 0.29) is 56.5 Å². The predicted molar refractivity (Wildman–Crippen MR) is 307 cm³/mol. The predicted octanol–water partition coefficient (Wildman–Crippen LogP) is 17.6. The third-order valence-electron chi connectivity index (χ3n) is 18.3. The fourth-order valence-corrected chi connectivity index (χ4v) is 13.5. The van der Waals surface area contributed by atoms with Crippen molar-refractivity contribution in [2.24, 2.45) is 10.8 Å². The summed E-state index contributed by atoms with van der Waals surface area (Å²) < 4.78 is 7.60. The first-order valence-electron chi connectivity index (χ1n) is 27.1. The second-order valence-corrected chi connectivity index (χ2v) is 28.5. The van der Waals surface area contributed by atoms with Gasteiger partial charge >= 0.3 is 0 Å². The van der Waals surface area contributed by atoms with Crippen molar-refractivity contribution in [3.05, 3.63) is 148 Å². The minimum Gasteiger partial charge on any atom is -0.469 e. The van der Waals surface area contributed by atoms with Crippen LogP contribution in [0.1, 0.15) is 177 Å². The van der Waals surface area contributed by atoms with Crippen LogP contribution in [-0.2, 0) is 27.1 Å². The van der Waals surface area contributed by atoms with Crippen molar-refractivity contribution in [3.63, 3.8) is 0 Å². The average molecular weight is 941 g/mol. The Hall–Kier alpha value is -5.22. The minimum atomic E-state index is -0.0444. The maximum atomic E-state index is 7.60. The highest BCUT2D eigenvalue weighted by molar-refractivity contribution is 6.91. The van der Waals surface area contributed by atoms with Gasteiger partial charge in [0, 0.05) is 28.0 Å². The van der Waals surface area contributed by atoms with Gasteiger partial charge in [0.15, 0.2) is 0 Å². The van der Waals surface area contributed by atoms with Crippen LogP contribution in [0.15, 0.2) is 119 Å². The summed E-state index contributed by atoms with van der Waals surface area (Å²) in [7, 11) is 0. The molecule has 1 fully saturated rings. The minimum absolute atomic E-state index is 0.0129. The van der Waals surface area contributed by atoms with Gasteiger partial charge < -0.3 is 14.2 Å². The Morgan fingerprint density at radius 1 is 0.535 bits per heavy atom. The number of rotatable bonds is 3. The number of allylic oxidation sites excluding steroid dienone is 2. The summed E-state index contributed by atoms with van der Waals surface area (Å²) in [6, 6.07) is 36.5. The summed E-state index contributed by atoms with van der Waals surface area (Å²) in [6.07, 6.45) is 10.3. The molecule has 5 aromatic carbocycles. The molecule has 0 spiro atoms. The molecule has 6 aromatic rings. The molecule has 4 heteroatoms. The maximum absolute atomic E-state index is 7.60. The van der Waals surface area contributed by atoms with Crippen molar-refractivity contribution >= 4 is 57.2 Å². The molecular weight excluding hydrogens is 860 g/mol. The van der Waals surface area contributed by atoms with Crippen LogP contribution in [0, 0.1) is 17.8 Å². The normalized spacial score (nSPS) is 21.7. The highest BCUT2D eigenvalue weighted by Gasteiger charge is 2.55. The van der Waals surface area contributed by atoms with E-state index < -0.39 is 0 Å². The number of aryl methyl sites for hydroxylation is 1. The molecule has 2 atom stereocenters. The van der Waals surface area contributed by atoms with E-state index in [1.165, 1.54) is 121 Å². The molecule has 11 rings (SSSR count). The molecule has 368 valence electrons. The Bertz CT molecular complexity index is 3240. The van der Waals surface area contributed by atoms with E-state index in [2.05, 4.69) is 238 Å². The standard InChI is InChI=1S/C67H81BN2O/c1-40-33-55-58-56(34-40)70(53-27-23-43(62(5,6)7)35-46(53)41-19-21-42(22-20-41)61(2,3)4)59-47-36-44(63(8,9)10)24-28-57(47)71-60(59)68(58)52-38-50-51(67(17,18)32-31-66(50,15)16)39-54(52)69(55)45-25-26-48-49(37-45)65(13,14)30-29-64(48,11)12/h19-28,33-39,52,54H,29-32H2,1-18H3. The van der Waals surface area contributed by atoms with E-state index >= 15 is 0 Å². The zero-order valence-electron chi connectivity index (χ0n) is 46.7. The lowest BCUT2D eigenvalue weighted by atomic mass is 9.30. The van der Waals surface area contributed by atoms with Crippen molar-refractivity contribution in [2.45, 2.75) is 189 Å². The van der Waals surface area contributed by atoms with Crippen LogP contribution in [0.3, 0.4) is 0 Å². The molecule has 0 amide bonds. The molecule has 3 aliphatic carbocycles. The van der Waals surface area contributed by atoms with Crippen LogP contribution in [-0.4, -0.2) is 12.8 Å². The number of hydrogen-bond donors (Lipinski definition) is 0. The fraction of sp³-hybridized carbons (Fsp3) is 0.463. The monoisotopic (exact) mass is 941 g/mol. The van der Waals surface area contributed by atoms with Crippen LogP contribution in [0.2, 0.25) is 5.82 Å². The molecule has 0 radical (unpaired) electrons. The largest absolute Gasteiger partial charge is 0.469 e. The maximum Gasteiger partial charge on any atom is 0.272 e. The second kappa shape index (κ2) is 15.4. The Morgan fingerprint density at radius 2 is 1.08 bits per heavy atom. The number of nitrogens with zero attached hydrogens (tertiary/aromatic N) is 2. The van der Waals surface area contributed by atoms with Crippen molar-refractivity contribution in [3.8, 4) is 11.1 Å². The first-order chi connectivity index (χ1) is 33.0. The van der Waals surface area contributed by atoms with Gasteiger partial charge in [-0.1, -0.05) is 172 Å². The van der Waals surface area contributed by atoms with Crippen LogP contribution in [0.5, 0.6) is 0 Å². The Balaban J connectivity index is 1.26. The van der Waals surface area contributed by atoms with E-state index in [1.54, 1.807) is 0 Å². The quantitative estimate of drug-likeness (QED) is 0.165. The molecule has 0 saturated heterocycles. The topological polar surface area (TPSA) is 19.6 Å². The third kappa shape index (κ3) is 7.56. The molecule has 0 N–H and O–H groups in total. The lowest BCUT2D eigenvalue weighted by Crippen LogP contribution is -2.62. The molecule has 71 heavy (non-hydrogen) atoms. The summed E-state index contributed by atoms with van der Waals surface area (Å²) in [5.74, 6) is 0.118. The van der Waals surface area contributed by atoms with E-state index in [9.17, 15) is 0 Å². The number of anilines is 5. The van der Waals surface area contributed by atoms with Gasteiger partial charge in [0.25, 0.3) is 6.71 Å². The second-order valence-electron chi connectivity index (χ2n) is 28.5. The van der Waals surface area contributed by atoms with E-state index in [4.69, 9.17) is 4.42 Å². The highest BCUT2D eigenvalue weighted by Crippen LogP contribution is 2.59.